The van der Waals surface area contributed by atoms with Crippen LogP contribution in [0.2, 0.25) is 0 Å². The van der Waals surface area contributed by atoms with Crippen molar-refractivity contribution in [2.24, 2.45) is 5.92 Å². The number of rotatable bonds is 4. The van der Waals surface area contributed by atoms with Gasteiger partial charge in [-0.25, -0.2) is 9.97 Å². The molecule has 8 nitrogen and oxygen atoms in total. The fourth-order valence-electron chi connectivity index (χ4n) is 4.31. The highest BCUT2D eigenvalue weighted by molar-refractivity contribution is 6.04. The Morgan fingerprint density at radius 2 is 2.04 bits per heavy atom. The van der Waals surface area contributed by atoms with Gasteiger partial charge in [0.05, 0.1) is 11.1 Å². The lowest BCUT2D eigenvalue weighted by molar-refractivity contribution is -0.126. The summed E-state index contributed by atoms with van der Waals surface area (Å²) in [6, 6.07) is 1.78. The van der Waals surface area contributed by atoms with Gasteiger partial charge in [-0.3, -0.25) is 9.59 Å². The number of aromatic amines is 1. The second-order valence-electron chi connectivity index (χ2n) is 8.00. The quantitative estimate of drug-likeness (QED) is 0.829. The molecule has 2 amide bonds. The average Bonchev–Trinajstić information content (AvgIpc) is 3.31. The van der Waals surface area contributed by atoms with Crippen LogP contribution in [-0.2, 0) is 4.79 Å². The first kappa shape index (κ1) is 18.9. The van der Waals surface area contributed by atoms with Crippen LogP contribution >= 0.6 is 0 Å². The van der Waals surface area contributed by atoms with E-state index in [4.69, 9.17) is 0 Å². The second-order valence-corrected chi connectivity index (χ2v) is 8.00. The minimum atomic E-state index is -0.0212. The van der Waals surface area contributed by atoms with Crippen LogP contribution in [0.1, 0.15) is 41.9 Å². The van der Waals surface area contributed by atoms with E-state index in [0.717, 1.165) is 44.6 Å². The normalized spacial score (nSPS) is 21.4. The number of H-pyrrole nitrogens is 1. The van der Waals surface area contributed by atoms with Crippen molar-refractivity contribution in [1.29, 1.82) is 0 Å². The molecule has 0 aromatic carbocycles. The first-order valence-electron chi connectivity index (χ1n) is 10.1. The SMILES string of the molecule is Cc1nc2nccc(C(=O)N3CCC[C@@H]3CNC(=O)C3CCN(C)CC3)c2[nH]1. The van der Waals surface area contributed by atoms with Gasteiger partial charge in [0.1, 0.15) is 5.82 Å². The Kier molecular flexibility index (Phi) is 5.30. The molecule has 0 radical (unpaired) electrons. The maximum Gasteiger partial charge on any atom is 0.256 e. The third kappa shape index (κ3) is 3.73. The van der Waals surface area contributed by atoms with Crippen LogP contribution in [-0.4, -0.2) is 75.8 Å². The monoisotopic (exact) mass is 384 g/mol. The summed E-state index contributed by atoms with van der Waals surface area (Å²) in [6.45, 7) is 5.02. The smallest absolute Gasteiger partial charge is 0.256 e. The van der Waals surface area contributed by atoms with Crippen LogP contribution in [0.25, 0.3) is 11.2 Å². The Balaban J connectivity index is 1.41. The van der Waals surface area contributed by atoms with Crippen LogP contribution in [0, 0.1) is 12.8 Å². The summed E-state index contributed by atoms with van der Waals surface area (Å²) in [4.78, 5) is 41.6. The lowest BCUT2D eigenvalue weighted by atomic mass is 9.96. The molecule has 1 atom stereocenters. The Bertz CT molecular complexity index is 871. The zero-order valence-electron chi connectivity index (χ0n) is 16.6. The highest BCUT2D eigenvalue weighted by Crippen LogP contribution is 2.23. The molecule has 0 spiro atoms. The molecule has 150 valence electrons. The molecule has 0 aliphatic carbocycles. The fraction of sp³-hybridized carbons (Fsp3) is 0.600. The van der Waals surface area contributed by atoms with Crippen molar-refractivity contribution in [3.63, 3.8) is 0 Å². The van der Waals surface area contributed by atoms with Crippen molar-refractivity contribution >= 4 is 23.0 Å². The third-order valence-corrected chi connectivity index (χ3v) is 5.98. The van der Waals surface area contributed by atoms with E-state index in [0.29, 0.717) is 29.8 Å². The molecule has 4 rings (SSSR count). The summed E-state index contributed by atoms with van der Waals surface area (Å²) in [5.74, 6) is 0.940. The standard InChI is InChI=1S/C20H28N6O2/c1-13-23-17-16(5-8-21-18(17)24-13)20(28)26-9-3-4-15(26)12-22-19(27)14-6-10-25(2)11-7-14/h5,8,14-15H,3-4,6-7,9-12H2,1-2H3,(H,22,27)(H,21,23,24)/t15-/m1/s1. The average molecular weight is 384 g/mol. The number of piperidine rings is 1. The number of carbonyl (C=O) groups is 2. The van der Waals surface area contributed by atoms with Crippen molar-refractivity contribution in [2.45, 2.75) is 38.6 Å². The molecule has 2 aliphatic heterocycles. The topological polar surface area (TPSA) is 94.2 Å². The highest BCUT2D eigenvalue weighted by Gasteiger charge is 2.32. The molecule has 0 unspecified atom stereocenters. The lowest BCUT2D eigenvalue weighted by Crippen LogP contribution is -2.46. The van der Waals surface area contributed by atoms with Crippen LogP contribution in [0.3, 0.4) is 0 Å². The van der Waals surface area contributed by atoms with Crippen molar-refractivity contribution in [3.05, 3.63) is 23.7 Å². The third-order valence-electron chi connectivity index (χ3n) is 5.98. The molecule has 0 bridgehead atoms. The predicted molar refractivity (Wildman–Crippen MR) is 106 cm³/mol. The summed E-state index contributed by atoms with van der Waals surface area (Å²) in [5.41, 5.74) is 1.85. The van der Waals surface area contributed by atoms with Crippen LogP contribution in [0.15, 0.2) is 12.3 Å². The molecule has 2 aliphatic rings. The number of hydrogen-bond donors (Lipinski definition) is 2. The van der Waals surface area contributed by atoms with E-state index >= 15 is 0 Å². The van der Waals surface area contributed by atoms with Crippen LogP contribution in [0.4, 0.5) is 0 Å². The second kappa shape index (κ2) is 7.87. The van der Waals surface area contributed by atoms with Gasteiger partial charge in [-0.05, 0) is 58.8 Å². The number of hydrogen-bond acceptors (Lipinski definition) is 5. The van der Waals surface area contributed by atoms with Gasteiger partial charge in [0, 0.05) is 31.2 Å². The molecule has 0 saturated carbocycles. The van der Waals surface area contributed by atoms with E-state index in [1.165, 1.54) is 0 Å². The first-order chi connectivity index (χ1) is 13.5. The maximum atomic E-state index is 13.2. The molecule has 4 heterocycles. The maximum absolute atomic E-state index is 13.2. The van der Waals surface area contributed by atoms with E-state index in [9.17, 15) is 9.59 Å². The van der Waals surface area contributed by atoms with E-state index in [1.54, 1.807) is 12.3 Å². The molecule has 2 aromatic heterocycles. The summed E-state index contributed by atoms with van der Waals surface area (Å²) in [7, 11) is 2.09. The van der Waals surface area contributed by atoms with Crippen LogP contribution in [0.5, 0.6) is 0 Å². The van der Waals surface area contributed by atoms with Crippen molar-refractivity contribution in [3.8, 4) is 0 Å². The van der Waals surface area contributed by atoms with Gasteiger partial charge in [-0.1, -0.05) is 0 Å². The minimum Gasteiger partial charge on any atom is -0.354 e. The number of amides is 2. The molecule has 28 heavy (non-hydrogen) atoms. The van der Waals surface area contributed by atoms with E-state index < -0.39 is 0 Å². The van der Waals surface area contributed by atoms with E-state index in [1.807, 2.05) is 11.8 Å². The molecule has 2 N–H and O–H groups in total. The number of pyridine rings is 1. The zero-order chi connectivity index (χ0) is 19.7. The van der Waals surface area contributed by atoms with E-state index in [-0.39, 0.29) is 23.8 Å². The highest BCUT2D eigenvalue weighted by atomic mass is 16.2. The Morgan fingerprint density at radius 1 is 1.25 bits per heavy atom. The number of nitrogens with zero attached hydrogens (tertiary/aromatic N) is 4. The van der Waals surface area contributed by atoms with Crippen LogP contribution < -0.4 is 5.32 Å². The molecule has 2 saturated heterocycles. The van der Waals surface area contributed by atoms with Gasteiger partial charge in [-0.2, -0.15) is 0 Å². The Morgan fingerprint density at radius 3 is 2.82 bits per heavy atom. The zero-order valence-corrected chi connectivity index (χ0v) is 16.6. The summed E-state index contributed by atoms with van der Waals surface area (Å²) < 4.78 is 0. The number of aryl methyl sites for hydroxylation is 1. The minimum absolute atomic E-state index is 0.0212. The Labute approximate surface area is 164 Å². The Hall–Kier alpha value is -2.48. The number of nitrogens with one attached hydrogen (secondary N) is 2. The van der Waals surface area contributed by atoms with Gasteiger partial charge in [0.2, 0.25) is 5.91 Å². The number of imidazole rings is 1. The molecule has 8 heteroatoms. The summed E-state index contributed by atoms with van der Waals surface area (Å²) in [6.07, 6.45) is 5.31. The largest absolute Gasteiger partial charge is 0.354 e. The number of fused-ring (bicyclic) bond motifs is 1. The summed E-state index contributed by atoms with van der Waals surface area (Å²) >= 11 is 0. The van der Waals surface area contributed by atoms with Gasteiger partial charge in [0.15, 0.2) is 5.65 Å². The molecular formula is C20H28N6O2. The van der Waals surface area contributed by atoms with Crippen molar-refractivity contribution in [2.75, 3.05) is 33.2 Å². The van der Waals surface area contributed by atoms with E-state index in [2.05, 4.69) is 32.2 Å². The lowest BCUT2D eigenvalue weighted by Gasteiger charge is -2.29. The first-order valence-corrected chi connectivity index (χ1v) is 10.1. The van der Waals surface area contributed by atoms with Crippen molar-refractivity contribution in [1.82, 2.24) is 30.1 Å². The van der Waals surface area contributed by atoms with Gasteiger partial charge in [0.25, 0.3) is 5.91 Å². The predicted octanol–water partition coefficient (Wildman–Crippen LogP) is 1.33. The molecule has 2 fully saturated rings. The molecule has 2 aromatic rings. The fourth-order valence-corrected chi connectivity index (χ4v) is 4.31. The number of carbonyl (C=O) groups excluding carboxylic acids is 2. The number of likely N-dealkylation sites (tertiary alicyclic amines) is 2. The van der Waals surface area contributed by atoms with Crippen molar-refractivity contribution < 1.29 is 9.59 Å². The number of aromatic nitrogens is 3. The van der Waals surface area contributed by atoms with Gasteiger partial charge >= 0.3 is 0 Å². The van der Waals surface area contributed by atoms with Gasteiger partial charge in [-0.15, -0.1) is 0 Å². The van der Waals surface area contributed by atoms with Gasteiger partial charge < -0.3 is 20.1 Å². The summed E-state index contributed by atoms with van der Waals surface area (Å²) in [5, 5.41) is 3.10. The molecular weight excluding hydrogens is 356 g/mol.